The van der Waals surface area contributed by atoms with Crippen LogP contribution in [0.25, 0.3) is 5.65 Å². The highest BCUT2D eigenvalue weighted by Crippen LogP contribution is 2.00. The second-order valence-electron chi connectivity index (χ2n) is 5.39. The Morgan fingerprint density at radius 1 is 1.40 bits per heavy atom. The Labute approximate surface area is 119 Å². The minimum absolute atomic E-state index is 0.0339. The summed E-state index contributed by atoms with van der Waals surface area (Å²) in [7, 11) is 4.14. The Balaban J connectivity index is 2.01. The highest BCUT2D eigenvalue weighted by atomic mass is 16.1. The van der Waals surface area contributed by atoms with E-state index in [1.807, 2.05) is 18.2 Å². The number of nitrogens with one attached hydrogen (secondary N) is 1. The van der Waals surface area contributed by atoms with Gasteiger partial charge in [-0.2, -0.15) is 0 Å². The van der Waals surface area contributed by atoms with Gasteiger partial charge in [0.05, 0.1) is 5.69 Å². The second kappa shape index (κ2) is 6.63. The summed E-state index contributed by atoms with van der Waals surface area (Å²) in [5.74, 6) is 0. The lowest BCUT2D eigenvalue weighted by molar-refractivity contribution is 0.365. The standard InChI is InChI=1S/C15H22N4O/c1-12(7-9-18(2)3)16-11-13-10-15(20)19-8-5-4-6-14(19)17-13/h4-6,8,10,12,16H,7,9,11H2,1-3H3. The van der Waals surface area contributed by atoms with Gasteiger partial charge in [-0.1, -0.05) is 6.07 Å². The third-order valence-corrected chi connectivity index (χ3v) is 3.27. The maximum absolute atomic E-state index is 11.9. The lowest BCUT2D eigenvalue weighted by Gasteiger charge is -2.16. The molecule has 0 saturated heterocycles. The number of nitrogens with zero attached hydrogens (tertiary/aromatic N) is 3. The molecule has 5 heteroatoms. The zero-order chi connectivity index (χ0) is 14.5. The minimum Gasteiger partial charge on any atom is -0.309 e. The van der Waals surface area contributed by atoms with Crippen LogP contribution in [0.2, 0.25) is 0 Å². The molecule has 0 aliphatic rings. The van der Waals surface area contributed by atoms with Crippen molar-refractivity contribution in [3.63, 3.8) is 0 Å². The molecule has 1 N–H and O–H groups in total. The summed E-state index contributed by atoms with van der Waals surface area (Å²) >= 11 is 0. The predicted molar refractivity (Wildman–Crippen MR) is 80.9 cm³/mol. The fourth-order valence-corrected chi connectivity index (χ4v) is 2.03. The molecular weight excluding hydrogens is 252 g/mol. The Bertz CT molecular complexity index is 621. The van der Waals surface area contributed by atoms with Gasteiger partial charge in [0.25, 0.3) is 5.56 Å². The molecule has 0 spiro atoms. The topological polar surface area (TPSA) is 49.6 Å². The molecule has 0 saturated carbocycles. The fourth-order valence-electron chi connectivity index (χ4n) is 2.03. The molecule has 0 aliphatic heterocycles. The first-order valence-electron chi connectivity index (χ1n) is 6.91. The smallest absolute Gasteiger partial charge is 0.258 e. The average Bonchev–Trinajstić information content (AvgIpc) is 2.43. The van der Waals surface area contributed by atoms with E-state index >= 15 is 0 Å². The summed E-state index contributed by atoms with van der Waals surface area (Å²) in [5.41, 5.74) is 1.45. The molecule has 20 heavy (non-hydrogen) atoms. The molecular formula is C15H22N4O. The molecule has 0 bridgehead atoms. The number of pyridine rings is 1. The van der Waals surface area contributed by atoms with E-state index in [1.165, 1.54) is 0 Å². The Kier molecular flexibility index (Phi) is 4.87. The van der Waals surface area contributed by atoms with Crippen molar-refractivity contribution in [2.24, 2.45) is 0 Å². The van der Waals surface area contributed by atoms with Crippen molar-refractivity contribution in [1.82, 2.24) is 19.6 Å². The van der Waals surface area contributed by atoms with Gasteiger partial charge >= 0.3 is 0 Å². The summed E-state index contributed by atoms with van der Waals surface area (Å²) in [5, 5.41) is 3.41. The molecule has 1 atom stereocenters. The van der Waals surface area contributed by atoms with Gasteiger partial charge in [0.2, 0.25) is 0 Å². The molecule has 0 aromatic carbocycles. The number of hydrogen-bond donors (Lipinski definition) is 1. The third kappa shape index (κ3) is 3.88. The van der Waals surface area contributed by atoms with Gasteiger partial charge in [0.1, 0.15) is 5.65 Å². The summed E-state index contributed by atoms with van der Waals surface area (Å²) in [4.78, 5) is 18.6. The lowest BCUT2D eigenvalue weighted by Crippen LogP contribution is -2.30. The van der Waals surface area contributed by atoms with E-state index < -0.39 is 0 Å². The molecule has 5 nitrogen and oxygen atoms in total. The summed E-state index contributed by atoms with van der Waals surface area (Å²) in [6.45, 7) is 3.81. The van der Waals surface area contributed by atoms with Crippen molar-refractivity contribution in [2.45, 2.75) is 25.9 Å². The first kappa shape index (κ1) is 14.7. The third-order valence-electron chi connectivity index (χ3n) is 3.27. The molecule has 0 radical (unpaired) electrons. The molecule has 0 amide bonds. The van der Waals surface area contributed by atoms with E-state index in [0.29, 0.717) is 18.2 Å². The molecule has 2 heterocycles. The highest BCUT2D eigenvalue weighted by molar-refractivity contribution is 5.37. The maximum atomic E-state index is 11.9. The van der Waals surface area contributed by atoms with E-state index in [-0.39, 0.29) is 5.56 Å². The zero-order valence-corrected chi connectivity index (χ0v) is 12.3. The van der Waals surface area contributed by atoms with Crippen LogP contribution in [0.4, 0.5) is 0 Å². The first-order chi connectivity index (χ1) is 9.56. The Morgan fingerprint density at radius 2 is 2.20 bits per heavy atom. The first-order valence-corrected chi connectivity index (χ1v) is 6.91. The van der Waals surface area contributed by atoms with Gasteiger partial charge in [-0.05, 0) is 46.1 Å². The van der Waals surface area contributed by atoms with Gasteiger partial charge in [-0.25, -0.2) is 4.98 Å². The number of rotatable bonds is 6. The van der Waals surface area contributed by atoms with Gasteiger partial charge in [0, 0.05) is 24.8 Å². The average molecular weight is 274 g/mol. The van der Waals surface area contributed by atoms with Crippen LogP contribution in [0, 0.1) is 0 Å². The quantitative estimate of drug-likeness (QED) is 0.858. The van der Waals surface area contributed by atoms with Crippen LogP contribution < -0.4 is 10.9 Å². The maximum Gasteiger partial charge on any atom is 0.258 e. The minimum atomic E-state index is -0.0339. The van der Waals surface area contributed by atoms with Crippen LogP contribution >= 0.6 is 0 Å². The van der Waals surface area contributed by atoms with Crippen LogP contribution in [0.15, 0.2) is 35.3 Å². The van der Waals surface area contributed by atoms with Crippen LogP contribution in [-0.2, 0) is 6.54 Å². The van der Waals surface area contributed by atoms with E-state index in [0.717, 1.165) is 18.7 Å². The molecule has 0 fully saturated rings. The van der Waals surface area contributed by atoms with Gasteiger partial charge in [-0.3, -0.25) is 9.20 Å². The van der Waals surface area contributed by atoms with Crippen molar-refractivity contribution >= 4 is 5.65 Å². The van der Waals surface area contributed by atoms with Gasteiger partial charge in [-0.15, -0.1) is 0 Å². The van der Waals surface area contributed by atoms with E-state index in [1.54, 1.807) is 16.7 Å². The highest BCUT2D eigenvalue weighted by Gasteiger charge is 2.05. The predicted octanol–water partition coefficient (Wildman–Crippen LogP) is 1.12. The summed E-state index contributed by atoms with van der Waals surface area (Å²) in [6, 6.07) is 7.56. The van der Waals surface area contributed by atoms with Gasteiger partial charge < -0.3 is 10.2 Å². The zero-order valence-electron chi connectivity index (χ0n) is 12.3. The molecule has 2 aromatic rings. The molecule has 0 aliphatic carbocycles. The van der Waals surface area contributed by atoms with Crippen LogP contribution in [0.3, 0.4) is 0 Å². The number of fused-ring (bicyclic) bond motifs is 1. The van der Waals surface area contributed by atoms with Crippen LogP contribution in [0.5, 0.6) is 0 Å². The summed E-state index contributed by atoms with van der Waals surface area (Å²) < 4.78 is 1.55. The summed E-state index contributed by atoms with van der Waals surface area (Å²) in [6.07, 6.45) is 2.81. The lowest BCUT2D eigenvalue weighted by atomic mass is 10.2. The van der Waals surface area contributed by atoms with Crippen molar-refractivity contribution < 1.29 is 0 Å². The molecule has 108 valence electrons. The fraction of sp³-hybridized carbons (Fsp3) is 0.467. The second-order valence-corrected chi connectivity index (χ2v) is 5.39. The van der Waals surface area contributed by atoms with Crippen LogP contribution in [0.1, 0.15) is 19.0 Å². The van der Waals surface area contributed by atoms with E-state index in [4.69, 9.17) is 0 Å². The number of aromatic nitrogens is 2. The van der Waals surface area contributed by atoms with Gasteiger partial charge in [0.15, 0.2) is 0 Å². The Hall–Kier alpha value is -1.72. The normalized spacial score (nSPS) is 13.0. The Morgan fingerprint density at radius 3 is 2.95 bits per heavy atom. The van der Waals surface area contributed by atoms with Crippen molar-refractivity contribution in [3.8, 4) is 0 Å². The van der Waals surface area contributed by atoms with Crippen molar-refractivity contribution in [2.75, 3.05) is 20.6 Å². The van der Waals surface area contributed by atoms with Crippen LogP contribution in [-0.4, -0.2) is 41.0 Å². The number of hydrogen-bond acceptors (Lipinski definition) is 4. The molecule has 1 unspecified atom stereocenters. The van der Waals surface area contributed by atoms with E-state index in [9.17, 15) is 4.79 Å². The molecule has 2 rings (SSSR count). The van der Waals surface area contributed by atoms with Crippen molar-refractivity contribution in [3.05, 3.63) is 46.5 Å². The monoisotopic (exact) mass is 274 g/mol. The van der Waals surface area contributed by atoms with Crippen molar-refractivity contribution in [1.29, 1.82) is 0 Å². The van der Waals surface area contributed by atoms with E-state index in [2.05, 4.69) is 36.2 Å². The largest absolute Gasteiger partial charge is 0.309 e. The SMILES string of the molecule is CC(CCN(C)C)NCc1cc(=O)n2ccccc2n1. The molecule has 2 aromatic heterocycles.